The van der Waals surface area contributed by atoms with Crippen molar-refractivity contribution in [3.63, 3.8) is 0 Å². The minimum Gasteiger partial charge on any atom is -0.354 e. The molecule has 3 rings (SSSR count). The topological polar surface area (TPSA) is 57.5 Å². The number of aromatic nitrogens is 2. The molecule has 0 spiro atoms. The lowest BCUT2D eigenvalue weighted by Gasteiger charge is -2.33. The van der Waals surface area contributed by atoms with Crippen LogP contribution in [0.2, 0.25) is 0 Å². The molecule has 0 saturated carbocycles. The summed E-state index contributed by atoms with van der Waals surface area (Å²) in [6.45, 7) is 3.95. The Balaban J connectivity index is 0.00000261. The zero-order valence-electron chi connectivity index (χ0n) is 15.9. The fraction of sp³-hybridized carbons (Fsp3) is 0.474. The smallest absolute Gasteiger partial charge is 0.191 e. The number of aliphatic imine (C=N–C) groups is 1. The maximum absolute atomic E-state index is 4.35. The molecule has 0 unspecified atom stereocenters. The van der Waals surface area contributed by atoms with Gasteiger partial charge in [-0.3, -0.25) is 14.6 Å². The molecule has 2 aromatic rings. The van der Waals surface area contributed by atoms with E-state index in [1.807, 2.05) is 31.0 Å². The van der Waals surface area contributed by atoms with Crippen molar-refractivity contribution < 1.29 is 0 Å². The Morgan fingerprint density at radius 2 is 1.93 bits per heavy atom. The van der Waals surface area contributed by atoms with Gasteiger partial charge in [0.25, 0.3) is 0 Å². The van der Waals surface area contributed by atoms with E-state index in [-0.39, 0.29) is 24.0 Å². The highest BCUT2D eigenvalue weighted by molar-refractivity contribution is 14.0. The number of piperidine rings is 1. The first kappa shape index (κ1) is 22.2. The number of likely N-dealkylation sites (tertiary alicyclic amines) is 1. The Bertz CT molecular complexity index is 722. The van der Waals surface area contributed by atoms with Crippen LogP contribution in [0.1, 0.15) is 24.1 Å². The molecule has 27 heavy (non-hydrogen) atoms. The SMILES string of the molecule is CN=C(NCc1ccnn1C)NC1CCN(Cc2ccc(Br)cc2)CC1.I. The Kier molecular flexibility index (Phi) is 9.04. The molecule has 1 aromatic carbocycles. The van der Waals surface area contributed by atoms with E-state index in [2.05, 4.69) is 65.8 Å². The van der Waals surface area contributed by atoms with Crippen LogP contribution in [0.4, 0.5) is 0 Å². The predicted octanol–water partition coefficient (Wildman–Crippen LogP) is 3.13. The summed E-state index contributed by atoms with van der Waals surface area (Å²) in [6, 6.07) is 11.1. The van der Waals surface area contributed by atoms with E-state index in [1.165, 1.54) is 5.56 Å². The van der Waals surface area contributed by atoms with Gasteiger partial charge >= 0.3 is 0 Å². The van der Waals surface area contributed by atoms with Crippen molar-refractivity contribution in [3.05, 3.63) is 52.3 Å². The summed E-state index contributed by atoms with van der Waals surface area (Å²) in [6.07, 6.45) is 4.07. The minimum atomic E-state index is 0. The number of nitrogens with zero attached hydrogens (tertiary/aromatic N) is 4. The summed E-state index contributed by atoms with van der Waals surface area (Å²) in [5.41, 5.74) is 2.51. The number of aryl methyl sites for hydroxylation is 1. The third kappa shape index (κ3) is 6.76. The summed E-state index contributed by atoms with van der Waals surface area (Å²) in [5, 5.41) is 11.1. The van der Waals surface area contributed by atoms with Crippen molar-refractivity contribution in [1.29, 1.82) is 0 Å². The standard InChI is InChI=1S/C19H27BrN6.HI/c1-21-19(22-13-18-7-10-23-25(18)2)24-17-8-11-26(12-9-17)14-15-3-5-16(20)6-4-15;/h3-7,10,17H,8-9,11-14H2,1-2H3,(H2,21,22,24);1H. The van der Waals surface area contributed by atoms with E-state index >= 15 is 0 Å². The highest BCUT2D eigenvalue weighted by Gasteiger charge is 2.20. The monoisotopic (exact) mass is 546 g/mol. The Labute approximate surface area is 187 Å². The zero-order chi connectivity index (χ0) is 18.4. The third-order valence-corrected chi connectivity index (χ3v) is 5.36. The fourth-order valence-corrected chi connectivity index (χ4v) is 3.48. The summed E-state index contributed by atoms with van der Waals surface area (Å²) in [7, 11) is 3.77. The zero-order valence-corrected chi connectivity index (χ0v) is 19.8. The molecule has 1 aromatic heterocycles. The first-order chi connectivity index (χ1) is 12.6. The molecule has 0 bridgehead atoms. The molecule has 1 saturated heterocycles. The van der Waals surface area contributed by atoms with Crippen LogP contribution in [-0.2, 0) is 20.1 Å². The summed E-state index contributed by atoms with van der Waals surface area (Å²) in [4.78, 5) is 6.87. The highest BCUT2D eigenvalue weighted by atomic mass is 127. The number of guanidine groups is 1. The molecule has 6 nitrogen and oxygen atoms in total. The number of halogens is 2. The molecule has 0 radical (unpaired) electrons. The van der Waals surface area contributed by atoms with Crippen LogP contribution >= 0.6 is 39.9 Å². The van der Waals surface area contributed by atoms with E-state index in [0.717, 1.165) is 55.1 Å². The molecule has 1 fully saturated rings. The number of hydrogen-bond acceptors (Lipinski definition) is 3. The van der Waals surface area contributed by atoms with Crippen molar-refractivity contribution in [2.24, 2.45) is 12.0 Å². The van der Waals surface area contributed by atoms with Gasteiger partial charge in [0, 0.05) is 50.4 Å². The highest BCUT2D eigenvalue weighted by Crippen LogP contribution is 2.16. The predicted molar refractivity (Wildman–Crippen MR) is 124 cm³/mol. The van der Waals surface area contributed by atoms with Crippen LogP contribution in [0.3, 0.4) is 0 Å². The lowest BCUT2D eigenvalue weighted by molar-refractivity contribution is 0.198. The molecule has 0 amide bonds. The van der Waals surface area contributed by atoms with E-state index in [1.54, 1.807) is 0 Å². The lowest BCUT2D eigenvalue weighted by atomic mass is 10.0. The van der Waals surface area contributed by atoms with Crippen molar-refractivity contribution in [2.45, 2.75) is 32.0 Å². The van der Waals surface area contributed by atoms with Gasteiger partial charge in [0.15, 0.2) is 5.96 Å². The molecule has 148 valence electrons. The molecule has 2 N–H and O–H groups in total. The molecule has 1 aliphatic rings. The normalized spacial score (nSPS) is 16.0. The molecule has 2 heterocycles. The van der Waals surface area contributed by atoms with Crippen LogP contribution in [0.25, 0.3) is 0 Å². The van der Waals surface area contributed by atoms with E-state index < -0.39 is 0 Å². The van der Waals surface area contributed by atoms with Crippen molar-refractivity contribution in [3.8, 4) is 0 Å². The van der Waals surface area contributed by atoms with Gasteiger partial charge in [0.2, 0.25) is 0 Å². The first-order valence-electron chi connectivity index (χ1n) is 9.05. The minimum absolute atomic E-state index is 0. The van der Waals surface area contributed by atoms with E-state index in [4.69, 9.17) is 0 Å². The van der Waals surface area contributed by atoms with Crippen LogP contribution in [-0.4, -0.2) is 46.8 Å². The number of hydrogen-bond donors (Lipinski definition) is 2. The summed E-state index contributed by atoms with van der Waals surface area (Å²) < 4.78 is 3.01. The van der Waals surface area contributed by atoms with Gasteiger partial charge in [-0.05, 0) is 36.6 Å². The lowest BCUT2D eigenvalue weighted by Crippen LogP contribution is -2.48. The maximum atomic E-state index is 4.35. The second-order valence-corrected chi connectivity index (χ2v) is 7.61. The Hall–Kier alpha value is -1.13. The van der Waals surface area contributed by atoms with E-state index in [9.17, 15) is 0 Å². The second kappa shape index (κ2) is 11.0. The summed E-state index contributed by atoms with van der Waals surface area (Å²) in [5.74, 6) is 0.859. The van der Waals surface area contributed by atoms with Gasteiger partial charge in [0.1, 0.15) is 0 Å². The Morgan fingerprint density at radius 3 is 2.52 bits per heavy atom. The van der Waals surface area contributed by atoms with Gasteiger partial charge in [0.05, 0.1) is 12.2 Å². The van der Waals surface area contributed by atoms with Gasteiger partial charge in [-0.2, -0.15) is 5.10 Å². The molecule has 0 atom stereocenters. The summed E-state index contributed by atoms with van der Waals surface area (Å²) >= 11 is 3.49. The van der Waals surface area contributed by atoms with Crippen molar-refractivity contribution in [1.82, 2.24) is 25.3 Å². The maximum Gasteiger partial charge on any atom is 0.191 e. The van der Waals surface area contributed by atoms with Gasteiger partial charge < -0.3 is 10.6 Å². The molecule has 8 heteroatoms. The molecule has 1 aliphatic heterocycles. The van der Waals surface area contributed by atoms with Crippen LogP contribution in [0.5, 0.6) is 0 Å². The van der Waals surface area contributed by atoms with Gasteiger partial charge in [-0.25, -0.2) is 0 Å². The van der Waals surface area contributed by atoms with Gasteiger partial charge in [-0.1, -0.05) is 28.1 Å². The molecular weight excluding hydrogens is 519 g/mol. The number of benzene rings is 1. The average Bonchev–Trinajstić information content (AvgIpc) is 3.07. The molecular formula is C19H28BrIN6. The first-order valence-corrected chi connectivity index (χ1v) is 9.84. The Morgan fingerprint density at radius 1 is 1.22 bits per heavy atom. The quantitative estimate of drug-likeness (QED) is 0.344. The largest absolute Gasteiger partial charge is 0.354 e. The number of nitrogens with one attached hydrogen (secondary N) is 2. The van der Waals surface area contributed by atoms with Crippen molar-refractivity contribution >= 4 is 45.9 Å². The third-order valence-electron chi connectivity index (χ3n) is 4.83. The van der Waals surface area contributed by atoms with E-state index in [0.29, 0.717) is 6.04 Å². The average molecular weight is 547 g/mol. The molecule has 0 aliphatic carbocycles. The van der Waals surface area contributed by atoms with Crippen LogP contribution in [0.15, 0.2) is 46.0 Å². The number of rotatable bonds is 5. The van der Waals surface area contributed by atoms with Crippen LogP contribution in [0, 0.1) is 0 Å². The fourth-order valence-electron chi connectivity index (χ4n) is 3.22. The van der Waals surface area contributed by atoms with Crippen LogP contribution < -0.4 is 10.6 Å². The van der Waals surface area contributed by atoms with Gasteiger partial charge in [-0.15, -0.1) is 24.0 Å². The van der Waals surface area contributed by atoms with Crippen molar-refractivity contribution in [2.75, 3.05) is 20.1 Å². The second-order valence-electron chi connectivity index (χ2n) is 6.69.